The Morgan fingerprint density at radius 1 is 1.00 bits per heavy atom. The average Bonchev–Trinajstić information content (AvgIpc) is 2.60. The molecule has 20 heavy (non-hydrogen) atoms. The lowest BCUT2D eigenvalue weighted by Crippen LogP contribution is -2.45. The van der Waals surface area contributed by atoms with Crippen molar-refractivity contribution in [3.8, 4) is 0 Å². The maximum atomic E-state index is 12.3. The van der Waals surface area contributed by atoms with Crippen LogP contribution in [0.25, 0.3) is 0 Å². The molecule has 1 atom stereocenters. The molecule has 2 aromatic rings. The number of hydrogen-bond donors (Lipinski definition) is 1. The zero-order valence-electron chi connectivity index (χ0n) is 11.4. The van der Waals surface area contributed by atoms with Crippen molar-refractivity contribution in [1.82, 2.24) is 0 Å². The normalized spacial score (nSPS) is 18.7. The molecule has 1 amide bonds. The molecule has 102 valence electrons. The topological polar surface area (TPSA) is 49.6 Å². The van der Waals surface area contributed by atoms with E-state index in [4.69, 9.17) is 5.73 Å². The Morgan fingerprint density at radius 2 is 1.60 bits per heavy atom. The van der Waals surface area contributed by atoms with E-state index in [2.05, 4.69) is 4.90 Å². The molecule has 0 aromatic heterocycles. The molecular weight excluding hydrogens is 250 g/mol. The van der Waals surface area contributed by atoms with Crippen molar-refractivity contribution >= 4 is 23.0 Å². The zero-order chi connectivity index (χ0) is 14.1. The summed E-state index contributed by atoms with van der Waals surface area (Å²) in [5.74, 6) is -0.0594. The lowest BCUT2D eigenvalue weighted by Gasteiger charge is -2.25. The monoisotopic (exact) mass is 267 g/mol. The quantitative estimate of drug-likeness (QED) is 0.861. The highest BCUT2D eigenvalue weighted by atomic mass is 16.2. The van der Waals surface area contributed by atoms with Gasteiger partial charge in [-0.3, -0.25) is 4.79 Å². The number of fused-ring (bicyclic) bond motifs is 1. The average molecular weight is 267 g/mol. The summed E-state index contributed by atoms with van der Waals surface area (Å²) in [6.45, 7) is 0.476. The largest absolute Gasteiger partial charge is 0.338 e. The highest BCUT2D eigenvalue weighted by Gasteiger charge is 2.29. The smallest absolute Gasteiger partial charge is 0.245 e. The number of nitrogens with zero attached hydrogens (tertiary/aromatic N) is 2. The molecule has 0 spiro atoms. The van der Waals surface area contributed by atoms with E-state index in [9.17, 15) is 4.79 Å². The van der Waals surface area contributed by atoms with Gasteiger partial charge in [0.05, 0.1) is 11.4 Å². The molecule has 0 fully saturated rings. The molecule has 0 radical (unpaired) electrons. The minimum atomic E-state index is -0.535. The number of carbonyl (C=O) groups is 1. The van der Waals surface area contributed by atoms with Gasteiger partial charge in [-0.1, -0.05) is 30.3 Å². The van der Waals surface area contributed by atoms with Crippen LogP contribution in [0.3, 0.4) is 0 Å². The van der Waals surface area contributed by atoms with E-state index in [0.29, 0.717) is 6.54 Å². The molecule has 0 saturated carbocycles. The van der Waals surface area contributed by atoms with Crippen LogP contribution < -0.4 is 15.5 Å². The van der Waals surface area contributed by atoms with Crippen molar-refractivity contribution in [2.45, 2.75) is 6.04 Å². The lowest BCUT2D eigenvalue weighted by atomic mass is 10.2. The molecule has 0 bridgehead atoms. The first-order chi connectivity index (χ1) is 9.68. The second kappa shape index (κ2) is 4.98. The molecule has 2 N–H and O–H groups in total. The van der Waals surface area contributed by atoms with Gasteiger partial charge >= 0.3 is 0 Å². The zero-order valence-corrected chi connectivity index (χ0v) is 11.4. The van der Waals surface area contributed by atoms with Gasteiger partial charge in [0.2, 0.25) is 5.91 Å². The number of rotatable bonds is 1. The SMILES string of the molecule is CN1C(=O)[C@H](N)CN(c2ccccc2)c2ccccc21. The van der Waals surface area contributed by atoms with Gasteiger partial charge in [-0.2, -0.15) is 0 Å². The molecule has 0 aliphatic carbocycles. The Bertz CT molecular complexity index is 627. The maximum absolute atomic E-state index is 12.3. The predicted molar refractivity (Wildman–Crippen MR) is 81.3 cm³/mol. The molecule has 3 rings (SSSR count). The number of benzene rings is 2. The number of carbonyl (C=O) groups excluding carboxylic acids is 1. The summed E-state index contributed by atoms with van der Waals surface area (Å²) >= 11 is 0. The molecule has 4 nitrogen and oxygen atoms in total. The number of amides is 1. The first-order valence-electron chi connectivity index (χ1n) is 6.63. The lowest BCUT2D eigenvalue weighted by molar-refractivity contribution is -0.119. The van der Waals surface area contributed by atoms with Crippen molar-refractivity contribution < 1.29 is 4.79 Å². The summed E-state index contributed by atoms with van der Waals surface area (Å²) in [6, 6.07) is 17.3. The van der Waals surface area contributed by atoms with E-state index in [1.54, 1.807) is 11.9 Å². The van der Waals surface area contributed by atoms with Crippen LogP contribution in [0, 0.1) is 0 Å². The van der Waals surface area contributed by atoms with Crippen LogP contribution in [0.2, 0.25) is 0 Å². The van der Waals surface area contributed by atoms with Crippen LogP contribution in [0.4, 0.5) is 17.1 Å². The standard InChI is InChI=1S/C16H17N3O/c1-18-14-9-5-6-10-15(14)19(11-13(17)16(18)20)12-7-3-2-4-8-12/h2-10,13H,11,17H2,1H3/t13-/m1/s1. The molecule has 1 aliphatic rings. The third kappa shape index (κ3) is 2.04. The molecular formula is C16H17N3O. The third-order valence-electron chi connectivity index (χ3n) is 3.63. The molecule has 1 aliphatic heterocycles. The summed E-state index contributed by atoms with van der Waals surface area (Å²) in [6.07, 6.45) is 0. The van der Waals surface area contributed by atoms with Gasteiger partial charge in [-0.25, -0.2) is 0 Å². The number of hydrogen-bond acceptors (Lipinski definition) is 3. The van der Waals surface area contributed by atoms with E-state index in [-0.39, 0.29) is 5.91 Å². The fraction of sp³-hybridized carbons (Fsp3) is 0.188. The van der Waals surface area contributed by atoms with Gasteiger partial charge in [0, 0.05) is 19.3 Å². The highest BCUT2D eigenvalue weighted by molar-refractivity contribution is 6.02. The van der Waals surface area contributed by atoms with E-state index in [0.717, 1.165) is 17.1 Å². The molecule has 4 heteroatoms. The first kappa shape index (κ1) is 12.7. The van der Waals surface area contributed by atoms with Crippen LogP contribution >= 0.6 is 0 Å². The van der Waals surface area contributed by atoms with Crippen molar-refractivity contribution in [2.24, 2.45) is 5.73 Å². The second-order valence-corrected chi connectivity index (χ2v) is 4.94. The molecule has 1 heterocycles. The van der Waals surface area contributed by atoms with E-state index in [1.807, 2.05) is 54.6 Å². The Balaban J connectivity index is 2.15. The van der Waals surface area contributed by atoms with Gasteiger partial charge in [0.1, 0.15) is 6.04 Å². The van der Waals surface area contributed by atoms with Crippen molar-refractivity contribution in [3.05, 3.63) is 54.6 Å². The summed E-state index contributed by atoms with van der Waals surface area (Å²) in [5, 5.41) is 0. The van der Waals surface area contributed by atoms with Crippen LogP contribution in [0.15, 0.2) is 54.6 Å². The second-order valence-electron chi connectivity index (χ2n) is 4.94. The summed E-state index contributed by atoms with van der Waals surface area (Å²) in [5.41, 5.74) is 8.97. The highest BCUT2D eigenvalue weighted by Crippen LogP contribution is 2.36. The summed E-state index contributed by atoms with van der Waals surface area (Å²) in [4.78, 5) is 16.0. The van der Waals surface area contributed by atoms with Crippen molar-refractivity contribution in [1.29, 1.82) is 0 Å². The van der Waals surface area contributed by atoms with Gasteiger partial charge in [-0.05, 0) is 24.3 Å². The third-order valence-corrected chi connectivity index (χ3v) is 3.63. The fourth-order valence-electron chi connectivity index (χ4n) is 2.57. The van der Waals surface area contributed by atoms with Gasteiger partial charge in [-0.15, -0.1) is 0 Å². The summed E-state index contributed by atoms with van der Waals surface area (Å²) in [7, 11) is 1.77. The van der Waals surface area contributed by atoms with Crippen molar-refractivity contribution in [2.75, 3.05) is 23.4 Å². The predicted octanol–water partition coefficient (Wildman–Crippen LogP) is 2.13. The molecule has 0 unspecified atom stereocenters. The molecule has 0 saturated heterocycles. The minimum absolute atomic E-state index is 0.0594. The van der Waals surface area contributed by atoms with Crippen molar-refractivity contribution in [3.63, 3.8) is 0 Å². The van der Waals surface area contributed by atoms with Crippen LogP contribution in [-0.4, -0.2) is 25.5 Å². The van der Waals surface area contributed by atoms with E-state index >= 15 is 0 Å². The Morgan fingerprint density at radius 3 is 2.30 bits per heavy atom. The minimum Gasteiger partial charge on any atom is -0.338 e. The maximum Gasteiger partial charge on any atom is 0.245 e. The fourth-order valence-corrected chi connectivity index (χ4v) is 2.57. The Labute approximate surface area is 118 Å². The van der Waals surface area contributed by atoms with Gasteiger partial charge < -0.3 is 15.5 Å². The number of anilines is 3. The van der Waals surface area contributed by atoms with Crippen LogP contribution in [-0.2, 0) is 4.79 Å². The number of nitrogens with two attached hydrogens (primary N) is 1. The summed E-state index contributed by atoms with van der Waals surface area (Å²) < 4.78 is 0. The van der Waals surface area contributed by atoms with Crippen LogP contribution in [0.1, 0.15) is 0 Å². The van der Waals surface area contributed by atoms with Crippen LogP contribution in [0.5, 0.6) is 0 Å². The van der Waals surface area contributed by atoms with Gasteiger partial charge in [0.15, 0.2) is 0 Å². The Kier molecular flexibility index (Phi) is 3.16. The first-order valence-corrected chi connectivity index (χ1v) is 6.63. The number of likely N-dealkylation sites (N-methyl/N-ethyl adjacent to an activating group) is 1. The molecule has 2 aromatic carbocycles. The van der Waals surface area contributed by atoms with E-state index in [1.165, 1.54) is 0 Å². The Hall–Kier alpha value is -2.33. The van der Waals surface area contributed by atoms with E-state index < -0.39 is 6.04 Å². The number of para-hydroxylation sites is 3. The van der Waals surface area contributed by atoms with Gasteiger partial charge in [0.25, 0.3) is 0 Å².